The number of ether oxygens (including phenoxy) is 2. The number of aryl methyl sites for hydroxylation is 1. The standard InChI is InChI=1S/C20H24N2O4S/c1-13-8-18(21-17-7-5-4-6-16(13)17)27-12-20(24)25-11-19(23)22-9-14(2)26-15(3)10-22/h4-8,14-15H,9-12H2,1-3H3/t14-,15-/m0/s1. The van der Waals surface area contributed by atoms with Crippen molar-refractivity contribution in [1.82, 2.24) is 9.88 Å². The molecule has 1 amide bonds. The van der Waals surface area contributed by atoms with Gasteiger partial charge in [0.1, 0.15) is 0 Å². The Morgan fingerprint density at radius 3 is 2.70 bits per heavy atom. The monoisotopic (exact) mass is 388 g/mol. The lowest BCUT2D eigenvalue weighted by molar-refractivity contribution is -0.155. The highest BCUT2D eigenvalue weighted by Crippen LogP contribution is 2.23. The molecule has 3 rings (SSSR count). The first-order chi connectivity index (χ1) is 12.9. The van der Waals surface area contributed by atoms with Crippen molar-refractivity contribution >= 4 is 34.5 Å². The third kappa shape index (κ3) is 5.20. The normalized spacial score (nSPS) is 19.9. The maximum atomic E-state index is 12.2. The molecule has 144 valence electrons. The van der Waals surface area contributed by atoms with Crippen molar-refractivity contribution in [3.05, 3.63) is 35.9 Å². The Balaban J connectivity index is 1.49. The van der Waals surface area contributed by atoms with Crippen molar-refractivity contribution in [3.8, 4) is 0 Å². The summed E-state index contributed by atoms with van der Waals surface area (Å²) in [7, 11) is 0. The first-order valence-electron chi connectivity index (χ1n) is 9.00. The molecule has 0 saturated carbocycles. The van der Waals surface area contributed by atoms with Crippen LogP contribution < -0.4 is 0 Å². The average Bonchev–Trinajstić information content (AvgIpc) is 2.63. The fourth-order valence-corrected chi connectivity index (χ4v) is 3.95. The number of carbonyl (C=O) groups is 2. The van der Waals surface area contributed by atoms with E-state index >= 15 is 0 Å². The molecule has 1 aromatic heterocycles. The minimum Gasteiger partial charge on any atom is -0.455 e. The molecule has 7 heteroatoms. The number of thioether (sulfide) groups is 1. The van der Waals surface area contributed by atoms with E-state index in [4.69, 9.17) is 9.47 Å². The molecule has 1 fully saturated rings. The summed E-state index contributed by atoms with van der Waals surface area (Å²) in [5.74, 6) is -0.487. The van der Waals surface area contributed by atoms with Crippen LogP contribution in [0.1, 0.15) is 19.4 Å². The smallest absolute Gasteiger partial charge is 0.316 e. The topological polar surface area (TPSA) is 68.7 Å². The zero-order valence-corrected chi connectivity index (χ0v) is 16.6. The fourth-order valence-electron chi connectivity index (χ4n) is 3.18. The van der Waals surface area contributed by atoms with Crippen LogP contribution in [0.2, 0.25) is 0 Å². The van der Waals surface area contributed by atoms with Crippen LogP contribution in [0.15, 0.2) is 35.4 Å². The van der Waals surface area contributed by atoms with Gasteiger partial charge in [-0.15, -0.1) is 0 Å². The molecule has 0 N–H and O–H groups in total. The molecular formula is C20H24N2O4S. The van der Waals surface area contributed by atoms with E-state index in [2.05, 4.69) is 4.98 Å². The molecule has 2 atom stereocenters. The van der Waals surface area contributed by atoms with E-state index in [0.29, 0.717) is 13.1 Å². The number of nitrogens with zero attached hydrogens (tertiary/aromatic N) is 2. The molecule has 0 aliphatic carbocycles. The van der Waals surface area contributed by atoms with Gasteiger partial charge < -0.3 is 14.4 Å². The number of amides is 1. The van der Waals surface area contributed by atoms with Crippen LogP contribution in [-0.4, -0.2) is 59.4 Å². The van der Waals surface area contributed by atoms with E-state index in [0.717, 1.165) is 21.5 Å². The number of benzene rings is 1. The largest absolute Gasteiger partial charge is 0.455 e. The predicted octanol–water partition coefficient (Wildman–Crippen LogP) is 2.81. The third-order valence-electron chi connectivity index (χ3n) is 4.37. The molecule has 27 heavy (non-hydrogen) atoms. The average molecular weight is 388 g/mol. The maximum Gasteiger partial charge on any atom is 0.316 e. The molecule has 0 bridgehead atoms. The van der Waals surface area contributed by atoms with Crippen molar-refractivity contribution in [2.24, 2.45) is 0 Å². The summed E-state index contributed by atoms with van der Waals surface area (Å²) in [4.78, 5) is 30.5. The molecule has 0 radical (unpaired) electrons. The van der Waals surface area contributed by atoms with Crippen LogP contribution >= 0.6 is 11.8 Å². The minimum atomic E-state index is -0.421. The quantitative estimate of drug-likeness (QED) is 0.580. The number of morpholine rings is 1. The number of aromatic nitrogens is 1. The van der Waals surface area contributed by atoms with Crippen molar-refractivity contribution in [2.45, 2.75) is 38.0 Å². The lowest BCUT2D eigenvalue weighted by Crippen LogP contribution is -2.49. The van der Waals surface area contributed by atoms with Crippen molar-refractivity contribution < 1.29 is 19.1 Å². The number of rotatable bonds is 5. The Kier molecular flexibility index (Phi) is 6.34. The van der Waals surface area contributed by atoms with Crippen molar-refractivity contribution in [3.63, 3.8) is 0 Å². The summed E-state index contributed by atoms with van der Waals surface area (Å²) >= 11 is 1.32. The van der Waals surface area contributed by atoms with Gasteiger partial charge in [0.05, 0.1) is 28.5 Å². The number of esters is 1. The summed E-state index contributed by atoms with van der Waals surface area (Å²) < 4.78 is 10.8. The molecule has 1 aliphatic heterocycles. The molecule has 1 aromatic carbocycles. The molecule has 1 aliphatic rings. The number of pyridine rings is 1. The fraction of sp³-hybridized carbons (Fsp3) is 0.450. The van der Waals surface area contributed by atoms with E-state index in [-0.39, 0.29) is 30.5 Å². The van der Waals surface area contributed by atoms with Gasteiger partial charge in [-0.2, -0.15) is 0 Å². The zero-order chi connectivity index (χ0) is 19.4. The number of fused-ring (bicyclic) bond motifs is 1. The van der Waals surface area contributed by atoms with E-state index in [9.17, 15) is 9.59 Å². The second-order valence-corrected chi connectivity index (χ2v) is 7.80. The maximum absolute atomic E-state index is 12.2. The van der Waals surface area contributed by atoms with Gasteiger partial charge in [0, 0.05) is 18.5 Å². The Bertz CT molecular complexity index is 832. The van der Waals surface area contributed by atoms with Crippen LogP contribution in [0.25, 0.3) is 10.9 Å². The third-order valence-corrected chi connectivity index (χ3v) is 5.25. The van der Waals surface area contributed by atoms with Gasteiger partial charge >= 0.3 is 5.97 Å². The highest BCUT2D eigenvalue weighted by Gasteiger charge is 2.26. The second kappa shape index (κ2) is 8.71. The first-order valence-corrected chi connectivity index (χ1v) is 9.99. The predicted molar refractivity (Wildman–Crippen MR) is 105 cm³/mol. The van der Waals surface area contributed by atoms with Crippen molar-refractivity contribution in [2.75, 3.05) is 25.4 Å². The van der Waals surface area contributed by atoms with Crippen LogP contribution in [0.3, 0.4) is 0 Å². The Morgan fingerprint density at radius 2 is 1.96 bits per heavy atom. The van der Waals surface area contributed by atoms with Crippen LogP contribution in [0, 0.1) is 6.92 Å². The molecule has 2 heterocycles. The lowest BCUT2D eigenvalue weighted by Gasteiger charge is -2.35. The molecular weight excluding hydrogens is 364 g/mol. The molecule has 0 unspecified atom stereocenters. The Hall–Kier alpha value is -2.12. The van der Waals surface area contributed by atoms with E-state index < -0.39 is 5.97 Å². The van der Waals surface area contributed by atoms with E-state index in [1.165, 1.54) is 11.8 Å². The number of hydrogen-bond acceptors (Lipinski definition) is 6. The number of para-hydroxylation sites is 1. The van der Waals surface area contributed by atoms with Gasteiger partial charge in [0.2, 0.25) is 0 Å². The Labute approximate surface area is 163 Å². The summed E-state index contributed by atoms with van der Waals surface area (Å²) in [5, 5.41) is 1.87. The summed E-state index contributed by atoms with van der Waals surface area (Å²) in [6, 6.07) is 9.86. The van der Waals surface area contributed by atoms with Gasteiger partial charge in [-0.25, -0.2) is 4.98 Å². The SMILES string of the molecule is Cc1cc(SCC(=O)OCC(=O)N2C[C@H](C)O[C@@H](C)C2)nc2ccccc12. The van der Waals surface area contributed by atoms with Gasteiger partial charge in [0.25, 0.3) is 5.91 Å². The second-order valence-electron chi connectivity index (χ2n) is 6.80. The first kappa shape index (κ1) is 19.6. The van der Waals surface area contributed by atoms with Crippen molar-refractivity contribution in [1.29, 1.82) is 0 Å². The molecule has 0 spiro atoms. The van der Waals surface area contributed by atoms with Crippen LogP contribution in [-0.2, 0) is 19.1 Å². The van der Waals surface area contributed by atoms with Crippen LogP contribution in [0.5, 0.6) is 0 Å². The summed E-state index contributed by atoms with van der Waals surface area (Å²) in [6.07, 6.45) is -0.0163. The Morgan fingerprint density at radius 1 is 1.26 bits per heavy atom. The molecule has 6 nitrogen and oxygen atoms in total. The zero-order valence-electron chi connectivity index (χ0n) is 15.8. The van der Waals surface area contributed by atoms with Gasteiger partial charge in [-0.3, -0.25) is 9.59 Å². The molecule has 1 saturated heterocycles. The van der Waals surface area contributed by atoms with E-state index in [1.54, 1.807) is 4.90 Å². The molecule has 2 aromatic rings. The van der Waals surface area contributed by atoms with Gasteiger partial charge in [-0.05, 0) is 38.5 Å². The van der Waals surface area contributed by atoms with Gasteiger partial charge in [0.15, 0.2) is 6.61 Å². The summed E-state index contributed by atoms with van der Waals surface area (Å²) in [6.45, 7) is 6.69. The summed E-state index contributed by atoms with van der Waals surface area (Å²) in [5.41, 5.74) is 2.02. The highest BCUT2D eigenvalue weighted by molar-refractivity contribution is 7.99. The van der Waals surface area contributed by atoms with Crippen LogP contribution in [0.4, 0.5) is 0 Å². The minimum absolute atomic E-state index is 0.00817. The van der Waals surface area contributed by atoms with Gasteiger partial charge in [-0.1, -0.05) is 30.0 Å². The highest BCUT2D eigenvalue weighted by atomic mass is 32.2. The lowest BCUT2D eigenvalue weighted by atomic mass is 10.1. The number of carbonyl (C=O) groups excluding carboxylic acids is 2. The van der Waals surface area contributed by atoms with E-state index in [1.807, 2.05) is 51.1 Å². The number of hydrogen-bond donors (Lipinski definition) is 0.